The number of Topliss-reactive ketones (excluding diaryl/α,β-unsaturated/α-hetero) is 1. The molecular weight excluding hydrogens is 356 g/mol. The third-order valence-electron chi connectivity index (χ3n) is 7.29. The zero-order valence-electron chi connectivity index (χ0n) is 16.5. The first kappa shape index (κ1) is 17.8. The number of carbonyl (C=O) groups excluding carboxylic acids is 2. The average molecular weight is 382 g/mol. The third-order valence-corrected chi connectivity index (χ3v) is 7.29. The highest BCUT2D eigenvalue weighted by Gasteiger charge is 2.54. The molecular formula is C23H26O5. The Morgan fingerprint density at radius 3 is 2.36 bits per heavy atom. The van der Waals surface area contributed by atoms with Gasteiger partial charge in [-0.05, 0) is 81.4 Å². The topological polar surface area (TPSA) is 65.7 Å². The van der Waals surface area contributed by atoms with Gasteiger partial charge in [0, 0.05) is 16.4 Å². The second-order valence-corrected chi connectivity index (χ2v) is 9.12. The minimum atomic E-state index is -0.564. The van der Waals surface area contributed by atoms with Crippen LogP contribution in [0, 0.1) is 30.1 Å². The van der Waals surface area contributed by atoms with Crippen molar-refractivity contribution in [3.05, 3.63) is 29.5 Å². The van der Waals surface area contributed by atoms with Crippen molar-refractivity contribution in [1.29, 1.82) is 0 Å². The van der Waals surface area contributed by atoms with Gasteiger partial charge in [-0.2, -0.15) is 0 Å². The average Bonchev–Trinajstić information content (AvgIpc) is 3.01. The number of esters is 1. The molecule has 4 aliphatic rings. The van der Waals surface area contributed by atoms with Gasteiger partial charge in [0.15, 0.2) is 12.4 Å². The smallest absolute Gasteiger partial charge is 0.374 e. The van der Waals surface area contributed by atoms with Crippen molar-refractivity contribution in [3.8, 4) is 5.75 Å². The molecule has 0 saturated heterocycles. The number of rotatable bonds is 5. The monoisotopic (exact) mass is 382 g/mol. The Bertz CT molecular complexity index is 918. The van der Waals surface area contributed by atoms with Crippen molar-refractivity contribution in [3.63, 3.8) is 0 Å². The zero-order chi connectivity index (χ0) is 19.5. The summed E-state index contributed by atoms with van der Waals surface area (Å²) in [6.45, 7) is 1.67. The van der Waals surface area contributed by atoms with E-state index in [0.717, 1.165) is 24.6 Å². The molecule has 1 heterocycles. The van der Waals surface area contributed by atoms with Crippen LogP contribution in [0.15, 0.2) is 22.6 Å². The Morgan fingerprint density at radius 2 is 1.75 bits per heavy atom. The highest BCUT2D eigenvalue weighted by molar-refractivity contribution is 5.97. The molecule has 5 nitrogen and oxygen atoms in total. The number of carbonyl (C=O) groups is 2. The van der Waals surface area contributed by atoms with Crippen LogP contribution in [0.3, 0.4) is 0 Å². The van der Waals surface area contributed by atoms with Crippen molar-refractivity contribution in [2.45, 2.75) is 45.4 Å². The predicted molar refractivity (Wildman–Crippen MR) is 103 cm³/mol. The standard InChI is InChI=1S/C23H26O5/c1-13-18-8-17(26-2)3-4-19(18)28-21(13)22(25)27-12-20(24)23-9-14-5-15(10-23)7-16(6-14)11-23/h3-4,8,14-16H,5-7,9-12H2,1-2H3. The molecule has 0 atom stereocenters. The van der Waals surface area contributed by atoms with E-state index in [4.69, 9.17) is 13.9 Å². The summed E-state index contributed by atoms with van der Waals surface area (Å²) in [4.78, 5) is 25.7. The molecule has 28 heavy (non-hydrogen) atoms. The van der Waals surface area contributed by atoms with Crippen LogP contribution in [0.4, 0.5) is 0 Å². The highest BCUT2D eigenvalue weighted by Crippen LogP contribution is 2.60. The number of furan rings is 1. The number of ketones is 1. The van der Waals surface area contributed by atoms with Crippen molar-refractivity contribution in [2.24, 2.45) is 23.2 Å². The molecule has 4 saturated carbocycles. The summed E-state index contributed by atoms with van der Waals surface area (Å²) < 4.78 is 16.4. The molecule has 4 bridgehead atoms. The van der Waals surface area contributed by atoms with E-state index in [9.17, 15) is 9.59 Å². The molecule has 0 N–H and O–H groups in total. The molecule has 0 amide bonds. The molecule has 0 unspecified atom stereocenters. The van der Waals surface area contributed by atoms with Gasteiger partial charge >= 0.3 is 5.97 Å². The first-order chi connectivity index (χ1) is 13.5. The normalized spacial score (nSPS) is 30.6. The summed E-state index contributed by atoms with van der Waals surface area (Å²) in [7, 11) is 1.60. The maximum absolute atomic E-state index is 13.0. The van der Waals surface area contributed by atoms with Crippen LogP contribution in [0.1, 0.15) is 54.6 Å². The molecule has 6 rings (SSSR count). The number of hydrogen-bond donors (Lipinski definition) is 0. The number of ether oxygens (including phenoxy) is 2. The number of hydrogen-bond acceptors (Lipinski definition) is 5. The summed E-state index contributed by atoms with van der Waals surface area (Å²) in [5, 5.41) is 0.818. The quantitative estimate of drug-likeness (QED) is 0.702. The van der Waals surface area contributed by atoms with Gasteiger partial charge in [-0.1, -0.05) is 0 Å². The lowest BCUT2D eigenvalue weighted by Crippen LogP contribution is -2.51. The van der Waals surface area contributed by atoms with Crippen LogP contribution in [-0.4, -0.2) is 25.5 Å². The van der Waals surface area contributed by atoms with E-state index in [1.165, 1.54) is 19.3 Å². The van der Waals surface area contributed by atoms with Gasteiger partial charge in [0.25, 0.3) is 0 Å². The summed E-state index contributed by atoms with van der Waals surface area (Å²) in [6, 6.07) is 5.40. The van der Waals surface area contributed by atoms with E-state index >= 15 is 0 Å². The van der Waals surface area contributed by atoms with Gasteiger partial charge in [-0.3, -0.25) is 4.79 Å². The maximum atomic E-state index is 13.0. The lowest BCUT2D eigenvalue weighted by molar-refractivity contribution is -0.147. The number of benzene rings is 1. The van der Waals surface area contributed by atoms with Crippen LogP contribution in [-0.2, 0) is 9.53 Å². The van der Waals surface area contributed by atoms with Gasteiger partial charge in [0.05, 0.1) is 7.11 Å². The maximum Gasteiger partial charge on any atom is 0.374 e. The van der Waals surface area contributed by atoms with Crippen LogP contribution < -0.4 is 4.74 Å². The summed E-state index contributed by atoms with van der Waals surface area (Å²) in [6.07, 6.45) is 6.81. The minimum absolute atomic E-state index is 0.107. The molecule has 4 fully saturated rings. The number of aryl methyl sites for hydroxylation is 1. The zero-order valence-corrected chi connectivity index (χ0v) is 16.5. The van der Waals surface area contributed by atoms with E-state index in [1.54, 1.807) is 19.2 Å². The van der Waals surface area contributed by atoms with Crippen LogP contribution in [0.25, 0.3) is 11.0 Å². The fourth-order valence-electron chi connectivity index (χ4n) is 6.32. The fourth-order valence-corrected chi connectivity index (χ4v) is 6.32. The predicted octanol–water partition coefficient (Wildman–Crippen LogP) is 4.69. The molecule has 2 aromatic rings. The summed E-state index contributed by atoms with van der Waals surface area (Å²) >= 11 is 0. The van der Waals surface area contributed by atoms with Crippen molar-refractivity contribution >= 4 is 22.7 Å². The molecule has 0 aliphatic heterocycles. The minimum Gasteiger partial charge on any atom is -0.497 e. The molecule has 148 valence electrons. The van der Waals surface area contributed by atoms with Gasteiger partial charge in [-0.15, -0.1) is 0 Å². The van der Waals surface area contributed by atoms with E-state index in [2.05, 4.69) is 0 Å². The molecule has 4 aliphatic carbocycles. The second kappa shape index (κ2) is 6.36. The van der Waals surface area contributed by atoms with E-state index < -0.39 is 5.97 Å². The van der Waals surface area contributed by atoms with Crippen molar-refractivity contribution in [1.82, 2.24) is 0 Å². The molecule has 0 spiro atoms. The van der Waals surface area contributed by atoms with Crippen LogP contribution in [0.2, 0.25) is 0 Å². The van der Waals surface area contributed by atoms with Crippen molar-refractivity contribution in [2.75, 3.05) is 13.7 Å². The van der Waals surface area contributed by atoms with Gasteiger partial charge in [-0.25, -0.2) is 4.79 Å². The Labute approximate surface area is 164 Å². The lowest BCUT2D eigenvalue weighted by Gasteiger charge is -2.55. The lowest BCUT2D eigenvalue weighted by atomic mass is 9.48. The van der Waals surface area contributed by atoms with Gasteiger partial charge < -0.3 is 13.9 Å². The summed E-state index contributed by atoms with van der Waals surface area (Å²) in [5.41, 5.74) is 1.07. The fraction of sp³-hybridized carbons (Fsp3) is 0.565. The number of methoxy groups -OCH3 is 1. The van der Waals surface area contributed by atoms with Gasteiger partial charge in [0.1, 0.15) is 11.3 Å². The Kier molecular flexibility index (Phi) is 4.04. The van der Waals surface area contributed by atoms with E-state index in [0.29, 0.717) is 34.6 Å². The molecule has 1 aromatic heterocycles. The first-order valence-electron chi connectivity index (χ1n) is 10.2. The molecule has 5 heteroatoms. The first-order valence-corrected chi connectivity index (χ1v) is 10.2. The third kappa shape index (κ3) is 2.75. The SMILES string of the molecule is COc1ccc2oc(C(=O)OCC(=O)C34CC5CC(CC(C5)C3)C4)c(C)c2c1. The van der Waals surface area contributed by atoms with Crippen molar-refractivity contribution < 1.29 is 23.5 Å². The molecule has 0 radical (unpaired) electrons. The second-order valence-electron chi connectivity index (χ2n) is 9.12. The van der Waals surface area contributed by atoms with Gasteiger partial charge in [0.2, 0.25) is 5.76 Å². The Morgan fingerprint density at radius 1 is 1.11 bits per heavy atom. The van der Waals surface area contributed by atoms with Crippen LogP contribution in [0.5, 0.6) is 5.75 Å². The van der Waals surface area contributed by atoms with E-state index in [-0.39, 0.29) is 23.6 Å². The largest absolute Gasteiger partial charge is 0.497 e. The highest BCUT2D eigenvalue weighted by atomic mass is 16.5. The summed E-state index contributed by atoms with van der Waals surface area (Å²) in [5.74, 6) is 2.49. The Balaban J connectivity index is 1.31. The Hall–Kier alpha value is -2.30. The number of fused-ring (bicyclic) bond motifs is 1. The molecule has 1 aromatic carbocycles. The van der Waals surface area contributed by atoms with E-state index in [1.807, 2.05) is 13.0 Å². The van der Waals surface area contributed by atoms with Crippen LogP contribution >= 0.6 is 0 Å².